The van der Waals surface area contributed by atoms with E-state index in [1.165, 1.54) is 17.1 Å². The van der Waals surface area contributed by atoms with Crippen LogP contribution in [0.5, 0.6) is 0 Å². The minimum absolute atomic E-state index is 0.230. The number of hydrogen-bond donors (Lipinski definition) is 1. The molecule has 3 aromatic rings. The minimum Gasteiger partial charge on any atom is -0.306 e. The van der Waals surface area contributed by atoms with Crippen LogP contribution < -0.4 is 5.32 Å². The Kier molecular flexibility index (Phi) is 8.02. The summed E-state index contributed by atoms with van der Waals surface area (Å²) in [7, 11) is 0. The Morgan fingerprint density at radius 3 is 2.44 bits per heavy atom. The lowest BCUT2D eigenvalue weighted by Crippen LogP contribution is -2.41. The van der Waals surface area contributed by atoms with Crippen molar-refractivity contribution in [3.63, 3.8) is 0 Å². The Bertz CT molecular complexity index is 1270. The van der Waals surface area contributed by atoms with Crippen molar-refractivity contribution in [2.75, 3.05) is 23.9 Å². The smallest absolute Gasteiger partial charge is 0.306 e. The fourth-order valence-electron chi connectivity index (χ4n) is 4.25. The number of nitrogens with zero attached hydrogens (tertiary/aromatic N) is 2. The number of carbonyl (C=O) groups is 1. The number of carbonyl (C=O) groups excluding carboxylic acids is 1. The Labute approximate surface area is 225 Å². The van der Waals surface area contributed by atoms with Crippen LogP contribution in [0.25, 0.3) is 0 Å². The van der Waals surface area contributed by atoms with Crippen molar-refractivity contribution >= 4 is 56.7 Å². The number of halogens is 5. The van der Waals surface area contributed by atoms with Crippen LogP contribution in [0.2, 0.25) is 5.02 Å². The number of urea groups is 1. The van der Waals surface area contributed by atoms with Gasteiger partial charge < -0.3 is 5.32 Å². The highest BCUT2D eigenvalue weighted by Crippen LogP contribution is 2.41. The molecule has 4 nitrogen and oxygen atoms in total. The Morgan fingerprint density at radius 1 is 1.14 bits per heavy atom. The van der Waals surface area contributed by atoms with E-state index in [1.807, 2.05) is 48.7 Å². The number of hydrogen-bond acceptors (Lipinski definition) is 3. The van der Waals surface area contributed by atoms with Gasteiger partial charge in [-0.05, 0) is 60.4 Å². The zero-order valence-corrected chi connectivity index (χ0v) is 22.3. The summed E-state index contributed by atoms with van der Waals surface area (Å²) in [4.78, 5) is 13.2. The summed E-state index contributed by atoms with van der Waals surface area (Å²) < 4.78 is 41.0. The normalized spacial score (nSPS) is 17.7. The van der Waals surface area contributed by atoms with Crippen LogP contribution in [0.1, 0.15) is 23.1 Å². The van der Waals surface area contributed by atoms with E-state index in [1.54, 1.807) is 23.9 Å². The van der Waals surface area contributed by atoms with Crippen molar-refractivity contribution in [2.45, 2.75) is 18.0 Å². The Hall–Kier alpha value is -2.49. The third kappa shape index (κ3) is 5.58. The summed E-state index contributed by atoms with van der Waals surface area (Å²) >= 11 is 11.1. The Morgan fingerprint density at radius 2 is 1.83 bits per heavy atom. The summed E-state index contributed by atoms with van der Waals surface area (Å²) in [5.74, 6) is 0.754. The number of amides is 2. The van der Waals surface area contributed by atoms with Gasteiger partial charge in [-0.2, -0.15) is 30.0 Å². The van der Waals surface area contributed by atoms with Crippen LogP contribution in [-0.2, 0) is 11.6 Å². The van der Waals surface area contributed by atoms with Gasteiger partial charge in [0.2, 0.25) is 0 Å². The molecule has 0 fully saturated rings. The molecule has 0 radical (unpaired) electrons. The minimum atomic E-state index is -4.57. The summed E-state index contributed by atoms with van der Waals surface area (Å²) in [6.45, 7) is 0.230. The molecule has 1 heterocycles. The highest BCUT2D eigenvalue weighted by molar-refractivity contribution is 9.10. The van der Waals surface area contributed by atoms with Gasteiger partial charge >= 0.3 is 12.2 Å². The van der Waals surface area contributed by atoms with E-state index in [0.717, 1.165) is 21.9 Å². The van der Waals surface area contributed by atoms with Gasteiger partial charge in [0.25, 0.3) is 0 Å². The molecule has 1 aliphatic heterocycles. The molecule has 36 heavy (non-hydrogen) atoms. The van der Waals surface area contributed by atoms with E-state index in [9.17, 15) is 18.0 Å². The molecule has 0 saturated carbocycles. The molecule has 0 aromatic heterocycles. The molecule has 2 amide bonds. The molecule has 1 N–H and O–H groups in total. The van der Waals surface area contributed by atoms with Gasteiger partial charge in [0, 0.05) is 15.7 Å². The molecule has 0 bridgehead atoms. The van der Waals surface area contributed by atoms with Crippen molar-refractivity contribution in [1.29, 1.82) is 0 Å². The molecule has 0 aliphatic carbocycles. The molecule has 10 heteroatoms. The van der Waals surface area contributed by atoms with Crippen LogP contribution in [-0.4, -0.2) is 35.3 Å². The molecular formula is C26H22BrClF3N3OS. The average molecular weight is 597 g/mol. The third-order valence-corrected chi connectivity index (χ3v) is 7.48. The van der Waals surface area contributed by atoms with Crippen molar-refractivity contribution < 1.29 is 18.0 Å². The van der Waals surface area contributed by atoms with E-state index in [2.05, 4.69) is 26.3 Å². The standard InChI is InChI=1S/C26H22BrClF3N3OS/c1-36-14-13-25(18-5-3-2-4-6-18)16-34(24(35)32-20-10-8-19(27)9-11-20)33-23(25)17-7-12-21(22(28)15-17)26(29,30)31/h2-12,15H,13-14,16H2,1H3,(H,32,35). The predicted molar refractivity (Wildman–Crippen MR) is 144 cm³/mol. The lowest BCUT2D eigenvalue weighted by molar-refractivity contribution is -0.137. The van der Waals surface area contributed by atoms with Gasteiger partial charge in [0.15, 0.2) is 0 Å². The second-order valence-electron chi connectivity index (χ2n) is 8.33. The fraction of sp³-hybridized carbons (Fsp3) is 0.231. The summed E-state index contributed by atoms with van der Waals surface area (Å²) in [6, 6.07) is 19.9. The van der Waals surface area contributed by atoms with Crippen molar-refractivity contribution in [3.8, 4) is 0 Å². The van der Waals surface area contributed by atoms with Crippen LogP contribution in [0, 0.1) is 0 Å². The van der Waals surface area contributed by atoms with Gasteiger partial charge in [-0.3, -0.25) is 0 Å². The van der Waals surface area contributed by atoms with Crippen LogP contribution in [0.3, 0.4) is 0 Å². The first kappa shape index (κ1) is 26.6. The second kappa shape index (κ2) is 10.9. The summed E-state index contributed by atoms with van der Waals surface area (Å²) in [6.07, 6.45) is -1.96. The van der Waals surface area contributed by atoms with Crippen LogP contribution in [0.4, 0.5) is 23.7 Å². The SMILES string of the molecule is CSCCC1(c2ccccc2)CN(C(=O)Nc2ccc(Br)cc2)N=C1c1ccc(C(F)(F)F)c(Cl)c1. The van der Waals surface area contributed by atoms with E-state index in [4.69, 9.17) is 11.6 Å². The van der Waals surface area contributed by atoms with Crippen molar-refractivity contribution in [2.24, 2.45) is 5.10 Å². The second-order valence-corrected chi connectivity index (χ2v) is 10.6. The third-order valence-electron chi connectivity index (χ3n) is 6.03. The molecule has 188 valence electrons. The molecule has 0 spiro atoms. The maximum Gasteiger partial charge on any atom is 0.417 e. The first-order chi connectivity index (χ1) is 17.1. The molecule has 1 unspecified atom stereocenters. The zero-order valence-electron chi connectivity index (χ0n) is 19.2. The largest absolute Gasteiger partial charge is 0.417 e. The quantitative estimate of drug-likeness (QED) is 0.313. The zero-order chi connectivity index (χ0) is 25.9. The number of benzene rings is 3. The predicted octanol–water partition coefficient (Wildman–Crippen LogP) is 8.06. The molecule has 1 atom stereocenters. The number of rotatable bonds is 6. The van der Waals surface area contributed by atoms with Crippen molar-refractivity contribution in [1.82, 2.24) is 5.01 Å². The average Bonchev–Trinajstić information content (AvgIpc) is 3.25. The van der Waals surface area contributed by atoms with Gasteiger partial charge in [0.1, 0.15) is 0 Å². The number of thioether (sulfide) groups is 1. The van der Waals surface area contributed by atoms with Gasteiger partial charge in [-0.25, -0.2) is 9.80 Å². The molecule has 4 rings (SSSR count). The lowest BCUT2D eigenvalue weighted by atomic mass is 9.72. The monoisotopic (exact) mass is 595 g/mol. The van der Waals surface area contributed by atoms with E-state index in [0.29, 0.717) is 23.4 Å². The molecule has 1 aliphatic rings. The number of anilines is 1. The molecular weight excluding hydrogens is 575 g/mol. The summed E-state index contributed by atoms with van der Waals surface area (Å²) in [5.41, 5.74) is 0.823. The highest BCUT2D eigenvalue weighted by Gasteiger charge is 2.46. The number of alkyl halides is 3. The molecule has 0 saturated heterocycles. The maximum absolute atomic E-state index is 13.4. The van der Waals surface area contributed by atoms with Gasteiger partial charge in [-0.1, -0.05) is 63.9 Å². The van der Waals surface area contributed by atoms with Crippen LogP contribution >= 0.6 is 39.3 Å². The number of nitrogens with one attached hydrogen (secondary N) is 1. The van der Waals surface area contributed by atoms with E-state index < -0.39 is 28.2 Å². The Balaban J connectivity index is 1.79. The lowest BCUT2D eigenvalue weighted by Gasteiger charge is -2.31. The first-order valence-corrected chi connectivity index (χ1v) is 13.6. The molecule has 3 aromatic carbocycles. The first-order valence-electron chi connectivity index (χ1n) is 11.0. The van der Waals surface area contributed by atoms with Gasteiger partial charge in [-0.15, -0.1) is 0 Å². The van der Waals surface area contributed by atoms with E-state index in [-0.39, 0.29) is 6.54 Å². The maximum atomic E-state index is 13.4. The topological polar surface area (TPSA) is 44.7 Å². The van der Waals surface area contributed by atoms with Gasteiger partial charge in [0.05, 0.1) is 28.3 Å². The highest BCUT2D eigenvalue weighted by atomic mass is 79.9. The van der Waals surface area contributed by atoms with E-state index >= 15 is 0 Å². The summed E-state index contributed by atoms with van der Waals surface area (Å²) in [5, 5.41) is 8.45. The number of hydrazone groups is 1. The van der Waals surface area contributed by atoms with Crippen molar-refractivity contribution in [3.05, 3.63) is 99.0 Å². The fourth-order valence-corrected chi connectivity index (χ4v) is 5.35. The van der Waals surface area contributed by atoms with Crippen LogP contribution in [0.15, 0.2) is 82.4 Å².